The number of nitrogens with one attached hydrogen (secondary N) is 1. The van der Waals surface area contributed by atoms with E-state index in [0.29, 0.717) is 37.8 Å². The fourth-order valence-corrected chi connectivity index (χ4v) is 3.47. The summed E-state index contributed by atoms with van der Waals surface area (Å²) in [4.78, 5) is 12.6. The van der Waals surface area contributed by atoms with Crippen LogP contribution in [0.4, 0.5) is 5.69 Å². The van der Waals surface area contributed by atoms with E-state index in [-0.39, 0.29) is 5.57 Å². The van der Waals surface area contributed by atoms with Crippen LogP contribution >= 0.6 is 46.4 Å². The SMILES string of the molecule is N#C/C(=C\c1cc(Cl)ccc1Cc1ccccc1Cl)C(=O)Nc1ccc(Cl)c(Cl)c1. The number of anilines is 1. The molecule has 0 spiro atoms. The van der Waals surface area contributed by atoms with E-state index in [1.165, 1.54) is 12.1 Å². The number of amides is 1. The number of hydrogen-bond acceptors (Lipinski definition) is 2. The van der Waals surface area contributed by atoms with Crippen LogP contribution < -0.4 is 5.32 Å². The Balaban J connectivity index is 1.92. The first-order chi connectivity index (χ1) is 14.4. The van der Waals surface area contributed by atoms with Crippen molar-refractivity contribution in [3.63, 3.8) is 0 Å². The molecule has 1 N–H and O–H groups in total. The van der Waals surface area contributed by atoms with Crippen LogP contribution in [0.15, 0.2) is 66.2 Å². The van der Waals surface area contributed by atoms with Crippen molar-refractivity contribution in [2.45, 2.75) is 6.42 Å². The number of benzene rings is 3. The van der Waals surface area contributed by atoms with Gasteiger partial charge in [0, 0.05) is 15.7 Å². The molecule has 3 nitrogen and oxygen atoms in total. The molecule has 3 aromatic carbocycles. The molecule has 0 aliphatic heterocycles. The van der Waals surface area contributed by atoms with E-state index in [9.17, 15) is 10.1 Å². The van der Waals surface area contributed by atoms with Gasteiger partial charge in [-0.3, -0.25) is 4.79 Å². The normalized spacial score (nSPS) is 11.1. The molecule has 0 unspecified atom stereocenters. The highest BCUT2D eigenvalue weighted by Gasteiger charge is 2.13. The molecular weight excluding hydrogens is 462 g/mol. The van der Waals surface area contributed by atoms with Crippen LogP contribution in [0, 0.1) is 11.3 Å². The minimum Gasteiger partial charge on any atom is -0.321 e. The summed E-state index contributed by atoms with van der Waals surface area (Å²) in [6.07, 6.45) is 2.03. The molecule has 0 saturated carbocycles. The zero-order chi connectivity index (χ0) is 21.7. The van der Waals surface area contributed by atoms with Gasteiger partial charge in [-0.15, -0.1) is 0 Å². The highest BCUT2D eigenvalue weighted by Crippen LogP contribution is 2.27. The van der Waals surface area contributed by atoms with Crippen molar-refractivity contribution in [1.82, 2.24) is 0 Å². The number of nitriles is 1. The molecule has 3 rings (SSSR count). The molecule has 30 heavy (non-hydrogen) atoms. The topological polar surface area (TPSA) is 52.9 Å². The second-order valence-corrected chi connectivity index (χ2v) is 8.02. The third-order valence-corrected chi connectivity index (χ3v) is 5.63. The lowest BCUT2D eigenvalue weighted by Crippen LogP contribution is -2.13. The van der Waals surface area contributed by atoms with E-state index in [1.54, 1.807) is 24.3 Å². The maximum absolute atomic E-state index is 12.6. The smallest absolute Gasteiger partial charge is 0.266 e. The minimum atomic E-state index is -0.570. The summed E-state index contributed by atoms with van der Waals surface area (Å²) in [7, 11) is 0. The summed E-state index contributed by atoms with van der Waals surface area (Å²) in [5, 5.41) is 14.0. The third-order valence-electron chi connectivity index (χ3n) is 4.29. The molecule has 0 aliphatic carbocycles. The molecule has 0 aliphatic rings. The maximum atomic E-state index is 12.6. The predicted octanol–water partition coefficient (Wildman–Crippen LogP) is 7.44. The van der Waals surface area contributed by atoms with Gasteiger partial charge in [0.05, 0.1) is 10.0 Å². The summed E-state index contributed by atoms with van der Waals surface area (Å²) >= 11 is 24.3. The van der Waals surface area contributed by atoms with E-state index in [1.807, 2.05) is 36.4 Å². The Labute approximate surface area is 194 Å². The van der Waals surface area contributed by atoms with Crippen LogP contribution in [0.1, 0.15) is 16.7 Å². The van der Waals surface area contributed by atoms with Gasteiger partial charge in [-0.05, 0) is 65.6 Å². The highest BCUT2D eigenvalue weighted by atomic mass is 35.5. The standard InChI is InChI=1S/C23H14Cl4N2O/c24-18-6-5-14(9-15-3-1-2-4-20(15)25)16(11-18)10-17(13-28)23(30)29-19-7-8-21(26)22(27)12-19/h1-8,10-12H,9H2,(H,29,30)/b17-10+. The molecule has 0 fully saturated rings. The highest BCUT2D eigenvalue weighted by molar-refractivity contribution is 6.42. The molecule has 0 atom stereocenters. The summed E-state index contributed by atoms with van der Waals surface area (Å²) in [5.41, 5.74) is 2.81. The van der Waals surface area contributed by atoms with Crippen molar-refractivity contribution < 1.29 is 4.79 Å². The van der Waals surface area contributed by atoms with Crippen molar-refractivity contribution >= 4 is 64.1 Å². The monoisotopic (exact) mass is 474 g/mol. The maximum Gasteiger partial charge on any atom is 0.266 e. The zero-order valence-corrected chi connectivity index (χ0v) is 18.4. The zero-order valence-electron chi connectivity index (χ0n) is 15.4. The van der Waals surface area contributed by atoms with Crippen molar-refractivity contribution in [2.24, 2.45) is 0 Å². The van der Waals surface area contributed by atoms with E-state index in [4.69, 9.17) is 46.4 Å². The van der Waals surface area contributed by atoms with Gasteiger partial charge in [-0.2, -0.15) is 5.26 Å². The Bertz CT molecular complexity index is 1180. The first-order valence-electron chi connectivity index (χ1n) is 8.77. The Hall–Kier alpha value is -2.48. The molecule has 3 aromatic rings. The van der Waals surface area contributed by atoms with E-state index < -0.39 is 5.91 Å². The number of carbonyl (C=O) groups excluding carboxylic acids is 1. The van der Waals surface area contributed by atoms with Crippen molar-refractivity contribution in [3.05, 3.63) is 103 Å². The van der Waals surface area contributed by atoms with E-state index >= 15 is 0 Å². The van der Waals surface area contributed by atoms with Gasteiger partial charge in [-0.1, -0.05) is 70.7 Å². The Morgan fingerprint density at radius 3 is 2.37 bits per heavy atom. The lowest BCUT2D eigenvalue weighted by molar-refractivity contribution is -0.112. The fraction of sp³-hybridized carbons (Fsp3) is 0.0435. The second-order valence-electron chi connectivity index (χ2n) is 6.36. The Morgan fingerprint density at radius 2 is 1.67 bits per heavy atom. The third kappa shape index (κ3) is 5.56. The summed E-state index contributed by atoms with van der Waals surface area (Å²) < 4.78 is 0. The first kappa shape index (κ1) is 22.2. The Morgan fingerprint density at radius 1 is 0.900 bits per heavy atom. The lowest BCUT2D eigenvalue weighted by atomic mass is 9.98. The molecule has 0 aromatic heterocycles. The number of halogens is 4. The van der Waals surface area contributed by atoms with Crippen LogP contribution in [0.3, 0.4) is 0 Å². The first-order valence-corrected chi connectivity index (χ1v) is 10.3. The largest absolute Gasteiger partial charge is 0.321 e. The lowest BCUT2D eigenvalue weighted by Gasteiger charge is -2.10. The van der Waals surface area contributed by atoms with E-state index in [0.717, 1.165) is 11.1 Å². The van der Waals surface area contributed by atoms with Crippen molar-refractivity contribution in [2.75, 3.05) is 5.32 Å². The van der Waals surface area contributed by atoms with Gasteiger partial charge in [0.2, 0.25) is 0 Å². The molecular formula is C23H14Cl4N2O. The number of rotatable bonds is 5. The van der Waals surface area contributed by atoms with Crippen molar-refractivity contribution in [1.29, 1.82) is 5.26 Å². The van der Waals surface area contributed by atoms with Gasteiger partial charge in [0.25, 0.3) is 5.91 Å². The number of carbonyl (C=O) groups is 1. The van der Waals surface area contributed by atoms with Crippen LogP contribution in [-0.2, 0) is 11.2 Å². The Kier molecular flexibility index (Phi) is 7.42. The van der Waals surface area contributed by atoms with Gasteiger partial charge >= 0.3 is 0 Å². The van der Waals surface area contributed by atoms with Gasteiger partial charge in [0.15, 0.2) is 0 Å². The summed E-state index contributed by atoms with van der Waals surface area (Å²) in [5.74, 6) is -0.570. The fourth-order valence-electron chi connectivity index (χ4n) is 2.78. The quantitative estimate of drug-likeness (QED) is 0.308. The average molecular weight is 476 g/mol. The van der Waals surface area contributed by atoms with Crippen LogP contribution in [0.25, 0.3) is 6.08 Å². The number of hydrogen-bond donors (Lipinski definition) is 1. The molecule has 0 heterocycles. The molecule has 0 saturated heterocycles. The molecule has 0 radical (unpaired) electrons. The average Bonchev–Trinajstić information content (AvgIpc) is 2.72. The van der Waals surface area contributed by atoms with Gasteiger partial charge < -0.3 is 5.32 Å². The molecule has 0 bridgehead atoms. The molecule has 1 amide bonds. The van der Waals surface area contributed by atoms with Crippen LogP contribution in [-0.4, -0.2) is 5.91 Å². The van der Waals surface area contributed by atoms with Crippen LogP contribution in [0.2, 0.25) is 20.1 Å². The van der Waals surface area contributed by atoms with Gasteiger partial charge in [0.1, 0.15) is 11.6 Å². The summed E-state index contributed by atoms with van der Waals surface area (Å²) in [6.45, 7) is 0. The van der Waals surface area contributed by atoms with Crippen LogP contribution in [0.5, 0.6) is 0 Å². The molecule has 7 heteroatoms. The van der Waals surface area contributed by atoms with Gasteiger partial charge in [-0.25, -0.2) is 0 Å². The van der Waals surface area contributed by atoms with Crippen molar-refractivity contribution in [3.8, 4) is 6.07 Å². The minimum absolute atomic E-state index is 0.0799. The second kappa shape index (κ2) is 10.0. The number of nitrogens with zero attached hydrogens (tertiary/aromatic N) is 1. The summed E-state index contributed by atoms with van der Waals surface area (Å²) in [6, 6.07) is 19.4. The predicted molar refractivity (Wildman–Crippen MR) is 124 cm³/mol. The molecule has 150 valence electrons. The van der Waals surface area contributed by atoms with E-state index in [2.05, 4.69) is 5.32 Å².